The minimum absolute atomic E-state index is 0.257. The van der Waals surface area contributed by atoms with Gasteiger partial charge in [0.1, 0.15) is 0 Å². The highest BCUT2D eigenvalue weighted by molar-refractivity contribution is 5.84. The Balaban J connectivity index is 1.43. The fourth-order valence-corrected chi connectivity index (χ4v) is 4.53. The fourth-order valence-electron chi connectivity index (χ4n) is 4.53. The average Bonchev–Trinajstić information content (AvgIpc) is 3.47. The molecule has 33 heavy (non-hydrogen) atoms. The summed E-state index contributed by atoms with van der Waals surface area (Å²) in [7, 11) is 0. The lowest BCUT2D eigenvalue weighted by atomic mass is 9.92. The molecule has 8 heteroatoms. The number of aromatic amines is 1. The molecule has 172 valence electrons. The summed E-state index contributed by atoms with van der Waals surface area (Å²) in [5, 5.41) is 7.09. The normalized spacial score (nSPS) is 18.7. The maximum atomic E-state index is 6.09. The van der Waals surface area contributed by atoms with Crippen LogP contribution in [0.2, 0.25) is 0 Å². The van der Waals surface area contributed by atoms with E-state index in [-0.39, 0.29) is 6.04 Å². The van der Waals surface area contributed by atoms with Crippen molar-refractivity contribution in [3.05, 3.63) is 54.5 Å². The zero-order valence-electron chi connectivity index (χ0n) is 19.3. The molecule has 5 N–H and O–H groups in total. The number of nitrogens with zero attached hydrogens (tertiary/aromatic N) is 4. The fraction of sp³-hybridized carbons (Fsp3) is 0.400. The highest BCUT2D eigenvalue weighted by Gasteiger charge is 2.21. The molecular weight excluding hydrogens is 412 g/mol. The second-order valence-corrected chi connectivity index (χ2v) is 9.17. The van der Waals surface area contributed by atoms with Gasteiger partial charge < -0.3 is 25.9 Å². The third kappa shape index (κ3) is 4.57. The van der Waals surface area contributed by atoms with Gasteiger partial charge in [0.25, 0.3) is 0 Å². The molecule has 1 saturated carbocycles. The van der Waals surface area contributed by atoms with Gasteiger partial charge in [-0.2, -0.15) is 9.97 Å². The average molecular weight is 445 g/mol. The van der Waals surface area contributed by atoms with Gasteiger partial charge in [0.2, 0.25) is 5.95 Å². The Labute approximate surface area is 194 Å². The molecule has 0 atom stereocenters. The van der Waals surface area contributed by atoms with Crippen LogP contribution in [0.15, 0.2) is 48.9 Å². The number of nitrogens with one attached hydrogen (secondary N) is 3. The van der Waals surface area contributed by atoms with Crippen LogP contribution in [0.1, 0.15) is 51.1 Å². The molecule has 0 amide bonds. The van der Waals surface area contributed by atoms with Crippen LogP contribution in [-0.4, -0.2) is 36.6 Å². The van der Waals surface area contributed by atoms with E-state index in [0.717, 1.165) is 53.9 Å². The van der Waals surface area contributed by atoms with Gasteiger partial charge in [-0.15, -0.1) is 0 Å². The van der Waals surface area contributed by atoms with Crippen molar-refractivity contribution in [3.63, 3.8) is 0 Å². The first kappa shape index (κ1) is 21.5. The summed E-state index contributed by atoms with van der Waals surface area (Å²) in [4.78, 5) is 17.7. The number of rotatable bonds is 7. The van der Waals surface area contributed by atoms with Crippen LogP contribution in [-0.2, 0) is 6.54 Å². The first-order chi connectivity index (χ1) is 16.1. The van der Waals surface area contributed by atoms with Gasteiger partial charge >= 0.3 is 0 Å². The second-order valence-electron chi connectivity index (χ2n) is 9.17. The van der Waals surface area contributed by atoms with Crippen LogP contribution in [0, 0.1) is 0 Å². The molecule has 3 aromatic heterocycles. The van der Waals surface area contributed by atoms with Gasteiger partial charge in [-0.3, -0.25) is 0 Å². The molecule has 1 aliphatic rings. The summed E-state index contributed by atoms with van der Waals surface area (Å²) in [6.45, 7) is 4.90. The van der Waals surface area contributed by atoms with E-state index in [9.17, 15) is 0 Å². The SMILES string of the molecule is CC(C)n1cnc2c(NCc3cc[nH]c3-c3ccccc3)nc(NC3CCC(N)CC3)nc21. The predicted molar refractivity (Wildman–Crippen MR) is 133 cm³/mol. The van der Waals surface area contributed by atoms with Gasteiger partial charge in [-0.1, -0.05) is 30.3 Å². The molecule has 0 spiro atoms. The molecule has 0 aliphatic heterocycles. The predicted octanol–water partition coefficient (Wildman–Crippen LogP) is 4.70. The van der Waals surface area contributed by atoms with Gasteiger partial charge in [0.05, 0.1) is 12.0 Å². The lowest BCUT2D eigenvalue weighted by Crippen LogP contribution is -2.33. The van der Waals surface area contributed by atoms with E-state index in [1.165, 1.54) is 5.56 Å². The van der Waals surface area contributed by atoms with Crippen molar-refractivity contribution in [1.29, 1.82) is 0 Å². The third-order valence-electron chi connectivity index (χ3n) is 6.42. The molecule has 0 bridgehead atoms. The van der Waals surface area contributed by atoms with Crippen molar-refractivity contribution in [2.75, 3.05) is 10.6 Å². The van der Waals surface area contributed by atoms with Crippen molar-refractivity contribution in [2.24, 2.45) is 5.73 Å². The Bertz CT molecular complexity index is 1200. The monoisotopic (exact) mass is 444 g/mol. The summed E-state index contributed by atoms with van der Waals surface area (Å²) in [6, 6.07) is 13.4. The van der Waals surface area contributed by atoms with Gasteiger partial charge in [-0.05, 0) is 56.7 Å². The second kappa shape index (κ2) is 9.23. The Hall–Kier alpha value is -3.39. The van der Waals surface area contributed by atoms with E-state index in [4.69, 9.17) is 15.7 Å². The standard InChI is InChI=1S/C25H32N8/c1-16(2)33-15-29-22-23(28-14-18-12-13-27-21(18)17-6-4-3-5-7-17)31-25(32-24(22)33)30-20-10-8-19(26)9-11-20/h3-7,12-13,15-16,19-20,27H,8-11,14,26H2,1-2H3,(H2,28,30,31,32). The van der Waals surface area contributed by atoms with Crippen molar-refractivity contribution in [1.82, 2.24) is 24.5 Å². The van der Waals surface area contributed by atoms with Crippen molar-refractivity contribution >= 4 is 22.9 Å². The first-order valence-corrected chi connectivity index (χ1v) is 11.8. The molecule has 1 fully saturated rings. The highest BCUT2D eigenvalue weighted by Crippen LogP contribution is 2.27. The number of aromatic nitrogens is 5. The smallest absolute Gasteiger partial charge is 0.227 e. The number of hydrogen-bond acceptors (Lipinski definition) is 6. The number of nitrogens with two attached hydrogens (primary N) is 1. The zero-order valence-corrected chi connectivity index (χ0v) is 19.3. The number of imidazole rings is 1. The van der Waals surface area contributed by atoms with E-state index < -0.39 is 0 Å². The Morgan fingerprint density at radius 1 is 1.09 bits per heavy atom. The molecule has 1 aliphatic carbocycles. The minimum atomic E-state index is 0.257. The lowest BCUT2D eigenvalue weighted by molar-refractivity contribution is 0.410. The Kier molecular flexibility index (Phi) is 6.00. The van der Waals surface area contributed by atoms with E-state index in [1.54, 1.807) is 0 Å². The van der Waals surface area contributed by atoms with Crippen LogP contribution in [0.3, 0.4) is 0 Å². The first-order valence-electron chi connectivity index (χ1n) is 11.8. The summed E-state index contributed by atoms with van der Waals surface area (Å²) < 4.78 is 2.09. The van der Waals surface area contributed by atoms with Crippen LogP contribution in [0.25, 0.3) is 22.4 Å². The van der Waals surface area contributed by atoms with Crippen LogP contribution in [0.5, 0.6) is 0 Å². The lowest BCUT2D eigenvalue weighted by Gasteiger charge is -2.27. The van der Waals surface area contributed by atoms with E-state index in [1.807, 2.05) is 18.6 Å². The zero-order chi connectivity index (χ0) is 22.8. The van der Waals surface area contributed by atoms with Crippen LogP contribution < -0.4 is 16.4 Å². The number of anilines is 2. The summed E-state index contributed by atoms with van der Waals surface area (Å²) >= 11 is 0. The molecule has 3 heterocycles. The molecule has 0 radical (unpaired) electrons. The summed E-state index contributed by atoms with van der Waals surface area (Å²) in [6.07, 6.45) is 7.97. The number of benzene rings is 1. The molecular formula is C25H32N8. The summed E-state index contributed by atoms with van der Waals surface area (Å²) in [5.41, 5.74) is 11.2. The molecule has 5 rings (SSSR count). The maximum Gasteiger partial charge on any atom is 0.227 e. The highest BCUT2D eigenvalue weighted by atomic mass is 15.2. The van der Waals surface area contributed by atoms with Crippen LogP contribution >= 0.6 is 0 Å². The molecule has 1 aromatic carbocycles. The van der Waals surface area contributed by atoms with E-state index in [0.29, 0.717) is 24.6 Å². The van der Waals surface area contributed by atoms with Crippen molar-refractivity contribution < 1.29 is 0 Å². The van der Waals surface area contributed by atoms with E-state index >= 15 is 0 Å². The number of fused-ring (bicyclic) bond motifs is 1. The maximum absolute atomic E-state index is 6.09. The van der Waals surface area contributed by atoms with Crippen molar-refractivity contribution in [3.8, 4) is 11.3 Å². The number of hydrogen-bond donors (Lipinski definition) is 4. The Morgan fingerprint density at radius 3 is 2.64 bits per heavy atom. The molecule has 0 unspecified atom stereocenters. The van der Waals surface area contributed by atoms with Gasteiger partial charge in [0, 0.05) is 30.9 Å². The summed E-state index contributed by atoms with van der Waals surface area (Å²) in [5.74, 6) is 1.39. The van der Waals surface area contributed by atoms with Crippen LogP contribution in [0.4, 0.5) is 11.8 Å². The third-order valence-corrected chi connectivity index (χ3v) is 6.42. The number of H-pyrrole nitrogens is 1. The van der Waals surface area contributed by atoms with Crippen molar-refractivity contribution in [2.45, 2.75) is 64.2 Å². The molecule has 0 saturated heterocycles. The largest absolute Gasteiger partial charge is 0.364 e. The minimum Gasteiger partial charge on any atom is -0.364 e. The Morgan fingerprint density at radius 2 is 1.88 bits per heavy atom. The molecule has 4 aromatic rings. The van der Waals surface area contributed by atoms with Gasteiger partial charge in [-0.25, -0.2) is 4.98 Å². The quantitative estimate of drug-likeness (QED) is 0.329. The topological polar surface area (TPSA) is 109 Å². The van der Waals surface area contributed by atoms with Gasteiger partial charge in [0.15, 0.2) is 17.0 Å². The van der Waals surface area contributed by atoms with E-state index in [2.05, 4.69) is 69.3 Å². The molecule has 8 nitrogen and oxygen atoms in total.